The van der Waals surface area contributed by atoms with Crippen molar-refractivity contribution in [2.75, 3.05) is 0 Å². The Labute approximate surface area is 78.5 Å². The molecular formula is C10H14ClN. The van der Waals surface area contributed by atoms with Crippen molar-refractivity contribution in [3.05, 3.63) is 34.4 Å². The van der Waals surface area contributed by atoms with E-state index in [0.717, 1.165) is 5.56 Å². The average Bonchev–Trinajstić information content (AvgIpc) is 1.82. The van der Waals surface area contributed by atoms with Gasteiger partial charge in [-0.1, -0.05) is 17.7 Å². The molecule has 0 spiro atoms. The summed E-state index contributed by atoms with van der Waals surface area (Å²) >= 11 is 5.84. The standard InChI is InChI=1S/C10H14ClN/c1-6-4-7(2)9(10(11)12)8(3)5-6/h4-5,10H,12H2,1-3H3. The Morgan fingerprint density at radius 2 is 1.58 bits per heavy atom. The lowest BCUT2D eigenvalue weighted by Gasteiger charge is -2.12. The molecule has 2 N–H and O–H groups in total. The summed E-state index contributed by atoms with van der Waals surface area (Å²) in [5, 5.41) is 0. The number of benzene rings is 1. The largest absolute Gasteiger partial charge is 0.312 e. The molecule has 1 aromatic rings. The lowest BCUT2D eigenvalue weighted by Crippen LogP contribution is -2.06. The van der Waals surface area contributed by atoms with E-state index in [1.54, 1.807) is 0 Å². The molecule has 66 valence electrons. The number of hydrogen-bond acceptors (Lipinski definition) is 1. The SMILES string of the molecule is Cc1cc(C)c(C(N)Cl)c(C)c1. The first-order valence-corrected chi connectivity index (χ1v) is 4.43. The van der Waals surface area contributed by atoms with Gasteiger partial charge >= 0.3 is 0 Å². The fraction of sp³-hybridized carbons (Fsp3) is 0.400. The van der Waals surface area contributed by atoms with E-state index in [9.17, 15) is 0 Å². The predicted octanol–water partition coefficient (Wildman–Crippen LogP) is 2.81. The average molecular weight is 184 g/mol. The maximum atomic E-state index is 5.84. The Balaban J connectivity index is 3.28. The van der Waals surface area contributed by atoms with E-state index in [0.29, 0.717) is 0 Å². The summed E-state index contributed by atoms with van der Waals surface area (Å²) in [6.07, 6.45) is 0. The van der Waals surface area contributed by atoms with Gasteiger partial charge in [0.1, 0.15) is 5.50 Å². The van der Waals surface area contributed by atoms with Gasteiger partial charge in [-0.15, -0.1) is 11.6 Å². The minimum absolute atomic E-state index is 0.384. The lowest BCUT2D eigenvalue weighted by atomic mass is 10.00. The van der Waals surface area contributed by atoms with Gasteiger partial charge in [-0.05, 0) is 37.5 Å². The van der Waals surface area contributed by atoms with E-state index in [4.69, 9.17) is 17.3 Å². The minimum atomic E-state index is -0.384. The summed E-state index contributed by atoms with van der Waals surface area (Å²) in [6.45, 7) is 6.15. The van der Waals surface area contributed by atoms with Crippen LogP contribution in [0.2, 0.25) is 0 Å². The van der Waals surface area contributed by atoms with Crippen molar-refractivity contribution in [3.63, 3.8) is 0 Å². The number of halogens is 1. The Kier molecular flexibility index (Phi) is 2.76. The van der Waals surface area contributed by atoms with Crippen molar-refractivity contribution in [2.45, 2.75) is 26.3 Å². The Bertz CT molecular complexity index is 269. The van der Waals surface area contributed by atoms with Crippen LogP contribution in [0.3, 0.4) is 0 Å². The van der Waals surface area contributed by atoms with Crippen molar-refractivity contribution in [2.24, 2.45) is 5.73 Å². The van der Waals surface area contributed by atoms with Crippen LogP contribution < -0.4 is 5.73 Å². The molecule has 0 aliphatic heterocycles. The highest BCUT2D eigenvalue weighted by atomic mass is 35.5. The van der Waals surface area contributed by atoms with Gasteiger partial charge in [-0.25, -0.2) is 0 Å². The van der Waals surface area contributed by atoms with Crippen LogP contribution >= 0.6 is 11.6 Å². The van der Waals surface area contributed by atoms with Crippen LogP contribution in [-0.4, -0.2) is 0 Å². The molecule has 0 bridgehead atoms. The number of hydrogen-bond donors (Lipinski definition) is 1. The summed E-state index contributed by atoms with van der Waals surface area (Å²) in [5.41, 5.74) is 9.91. The molecule has 0 aliphatic rings. The van der Waals surface area contributed by atoms with Gasteiger partial charge in [0.2, 0.25) is 0 Å². The Hall–Kier alpha value is -0.530. The highest BCUT2D eigenvalue weighted by Gasteiger charge is 2.08. The van der Waals surface area contributed by atoms with Crippen LogP contribution in [0.1, 0.15) is 27.8 Å². The number of nitrogens with two attached hydrogens (primary N) is 1. The molecule has 0 saturated carbocycles. The topological polar surface area (TPSA) is 26.0 Å². The molecule has 0 saturated heterocycles. The summed E-state index contributed by atoms with van der Waals surface area (Å²) in [4.78, 5) is 0. The van der Waals surface area contributed by atoms with Crippen molar-refractivity contribution < 1.29 is 0 Å². The third kappa shape index (κ3) is 1.79. The van der Waals surface area contributed by atoms with E-state index in [1.807, 2.05) is 13.8 Å². The molecule has 0 fully saturated rings. The molecular weight excluding hydrogens is 170 g/mol. The van der Waals surface area contributed by atoms with E-state index < -0.39 is 0 Å². The normalized spacial score (nSPS) is 13.1. The van der Waals surface area contributed by atoms with Gasteiger partial charge < -0.3 is 5.73 Å². The smallest absolute Gasteiger partial charge is 0.106 e. The van der Waals surface area contributed by atoms with E-state index >= 15 is 0 Å². The van der Waals surface area contributed by atoms with E-state index in [2.05, 4.69) is 19.1 Å². The molecule has 0 heterocycles. The van der Waals surface area contributed by atoms with Gasteiger partial charge in [-0.2, -0.15) is 0 Å². The minimum Gasteiger partial charge on any atom is -0.312 e. The molecule has 1 aromatic carbocycles. The summed E-state index contributed by atoms with van der Waals surface area (Å²) in [6, 6.07) is 4.20. The lowest BCUT2D eigenvalue weighted by molar-refractivity contribution is 0.979. The van der Waals surface area contributed by atoms with Gasteiger partial charge in [0.15, 0.2) is 0 Å². The molecule has 1 atom stereocenters. The van der Waals surface area contributed by atoms with Crippen LogP contribution in [0.4, 0.5) is 0 Å². The van der Waals surface area contributed by atoms with Gasteiger partial charge in [-0.3, -0.25) is 0 Å². The summed E-state index contributed by atoms with van der Waals surface area (Å²) < 4.78 is 0. The zero-order valence-electron chi connectivity index (χ0n) is 7.69. The van der Waals surface area contributed by atoms with Gasteiger partial charge in [0.25, 0.3) is 0 Å². The van der Waals surface area contributed by atoms with Crippen molar-refractivity contribution in [3.8, 4) is 0 Å². The van der Waals surface area contributed by atoms with Crippen molar-refractivity contribution in [1.29, 1.82) is 0 Å². The number of alkyl halides is 1. The Morgan fingerprint density at radius 3 is 1.92 bits per heavy atom. The molecule has 2 heteroatoms. The maximum Gasteiger partial charge on any atom is 0.106 e. The Morgan fingerprint density at radius 1 is 1.17 bits per heavy atom. The maximum absolute atomic E-state index is 5.84. The second kappa shape index (κ2) is 3.46. The second-order valence-electron chi connectivity index (χ2n) is 3.21. The fourth-order valence-corrected chi connectivity index (χ4v) is 1.97. The first-order chi connectivity index (χ1) is 5.52. The van der Waals surface area contributed by atoms with Crippen LogP contribution in [0.5, 0.6) is 0 Å². The molecule has 1 unspecified atom stereocenters. The highest BCUT2D eigenvalue weighted by Crippen LogP contribution is 2.23. The van der Waals surface area contributed by atoms with Crippen LogP contribution in [0.25, 0.3) is 0 Å². The zero-order chi connectivity index (χ0) is 9.30. The molecule has 12 heavy (non-hydrogen) atoms. The first-order valence-electron chi connectivity index (χ1n) is 3.99. The monoisotopic (exact) mass is 183 g/mol. The zero-order valence-corrected chi connectivity index (χ0v) is 8.44. The van der Waals surface area contributed by atoms with E-state index in [1.165, 1.54) is 16.7 Å². The molecule has 0 amide bonds. The van der Waals surface area contributed by atoms with Gasteiger partial charge in [0.05, 0.1) is 0 Å². The highest BCUT2D eigenvalue weighted by molar-refractivity contribution is 6.20. The fourth-order valence-electron chi connectivity index (χ4n) is 1.63. The second-order valence-corrected chi connectivity index (χ2v) is 3.68. The van der Waals surface area contributed by atoms with Crippen LogP contribution in [0, 0.1) is 20.8 Å². The summed E-state index contributed by atoms with van der Waals surface area (Å²) in [5.74, 6) is 0. The molecule has 0 radical (unpaired) electrons. The van der Waals surface area contributed by atoms with Crippen molar-refractivity contribution in [1.82, 2.24) is 0 Å². The predicted molar refractivity (Wildman–Crippen MR) is 53.4 cm³/mol. The van der Waals surface area contributed by atoms with E-state index in [-0.39, 0.29) is 5.50 Å². The molecule has 0 aliphatic carbocycles. The number of aryl methyl sites for hydroxylation is 3. The van der Waals surface area contributed by atoms with Crippen LogP contribution in [0.15, 0.2) is 12.1 Å². The third-order valence-corrected chi connectivity index (χ3v) is 2.23. The molecule has 1 rings (SSSR count). The number of rotatable bonds is 1. The molecule has 1 nitrogen and oxygen atoms in total. The quantitative estimate of drug-likeness (QED) is 0.526. The molecule has 0 aromatic heterocycles. The third-order valence-electron chi connectivity index (χ3n) is 2.01. The van der Waals surface area contributed by atoms with Crippen LogP contribution in [-0.2, 0) is 0 Å². The first kappa shape index (κ1) is 9.56. The van der Waals surface area contributed by atoms with Gasteiger partial charge in [0, 0.05) is 0 Å². The summed E-state index contributed by atoms with van der Waals surface area (Å²) in [7, 11) is 0. The van der Waals surface area contributed by atoms with Crippen molar-refractivity contribution >= 4 is 11.6 Å².